The highest BCUT2D eigenvalue weighted by atomic mass is 32.2. The molecule has 0 bridgehead atoms. The van der Waals surface area contributed by atoms with Crippen LogP contribution in [0.3, 0.4) is 0 Å². The molecule has 1 saturated heterocycles. The summed E-state index contributed by atoms with van der Waals surface area (Å²) >= 11 is 2.06. The summed E-state index contributed by atoms with van der Waals surface area (Å²) in [6.45, 7) is 4.02. The van der Waals surface area contributed by atoms with Gasteiger partial charge in [0.1, 0.15) is 0 Å². The Balaban J connectivity index is 1.71. The minimum Gasteiger partial charge on any atom is -0.354 e. The Kier molecular flexibility index (Phi) is 8.04. The van der Waals surface area contributed by atoms with Crippen LogP contribution >= 0.6 is 11.8 Å². The molecule has 2 fully saturated rings. The van der Waals surface area contributed by atoms with Crippen LogP contribution in [0.4, 0.5) is 0 Å². The van der Waals surface area contributed by atoms with Gasteiger partial charge in [0.05, 0.1) is 0 Å². The third kappa shape index (κ3) is 5.43. The molecule has 2 aliphatic rings. The van der Waals surface area contributed by atoms with E-state index in [2.05, 4.69) is 22.0 Å². The largest absolute Gasteiger partial charge is 0.354 e. The Morgan fingerprint density at radius 1 is 1.09 bits per heavy atom. The zero-order valence-corrected chi connectivity index (χ0v) is 14.8. The van der Waals surface area contributed by atoms with Gasteiger partial charge in [-0.05, 0) is 32.2 Å². The van der Waals surface area contributed by atoms with E-state index < -0.39 is 0 Å². The van der Waals surface area contributed by atoms with E-state index >= 15 is 0 Å². The molecule has 0 spiro atoms. The monoisotopic (exact) mass is 327 g/mol. The van der Waals surface area contributed by atoms with E-state index in [-0.39, 0.29) is 11.4 Å². The Bertz CT molecular complexity index is 326. The van der Waals surface area contributed by atoms with Crippen molar-refractivity contribution in [3.8, 4) is 0 Å². The first-order valence-electron chi connectivity index (χ1n) is 9.06. The molecule has 4 nitrogen and oxygen atoms in total. The van der Waals surface area contributed by atoms with Crippen LogP contribution in [-0.2, 0) is 4.79 Å². The van der Waals surface area contributed by atoms with Crippen LogP contribution in [0, 0.1) is 0 Å². The molecule has 128 valence electrons. The van der Waals surface area contributed by atoms with Gasteiger partial charge in [-0.2, -0.15) is 11.8 Å². The fourth-order valence-electron chi connectivity index (χ4n) is 3.81. The van der Waals surface area contributed by atoms with Gasteiger partial charge in [0, 0.05) is 43.1 Å². The van der Waals surface area contributed by atoms with Crippen LogP contribution < -0.4 is 11.1 Å². The van der Waals surface area contributed by atoms with Crippen LogP contribution in [0.5, 0.6) is 0 Å². The Morgan fingerprint density at radius 2 is 1.77 bits per heavy atom. The molecule has 1 aliphatic heterocycles. The van der Waals surface area contributed by atoms with Crippen molar-refractivity contribution in [3.05, 3.63) is 0 Å². The Morgan fingerprint density at radius 3 is 2.45 bits per heavy atom. The third-order valence-electron chi connectivity index (χ3n) is 5.19. The van der Waals surface area contributed by atoms with Crippen LogP contribution in [0.15, 0.2) is 0 Å². The first-order chi connectivity index (χ1) is 10.8. The molecule has 22 heavy (non-hydrogen) atoms. The second-order valence-electron chi connectivity index (χ2n) is 6.76. The fraction of sp³-hybridized carbons (Fsp3) is 0.941. The number of carbonyl (C=O) groups is 1. The Hall–Kier alpha value is -0.260. The molecule has 0 aromatic heterocycles. The molecule has 0 aromatic carbocycles. The smallest absolute Gasteiger partial charge is 0.220 e. The third-order valence-corrected chi connectivity index (χ3v) is 6.13. The maximum absolute atomic E-state index is 12.1. The molecule has 2 rings (SSSR count). The second-order valence-corrected chi connectivity index (χ2v) is 7.99. The van der Waals surface area contributed by atoms with Gasteiger partial charge in [-0.1, -0.05) is 25.7 Å². The van der Waals surface area contributed by atoms with Crippen LogP contribution in [0.1, 0.15) is 57.8 Å². The molecule has 1 heterocycles. The highest BCUT2D eigenvalue weighted by Crippen LogP contribution is 2.36. The number of nitrogens with zero attached hydrogens (tertiary/aromatic N) is 1. The van der Waals surface area contributed by atoms with Gasteiger partial charge in [0.2, 0.25) is 5.91 Å². The van der Waals surface area contributed by atoms with Crippen molar-refractivity contribution in [2.75, 3.05) is 37.7 Å². The highest BCUT2D eigenvalue weighted by Gasteiger charge is 2.39. The number of nitrogens with two attached hydrogens (primary N) is 1. The summed E-state index contributed by atoms with van der Waals surface area (Å²) in [7, 11) is 0. The second kappa shape index (κ2) is 9.78. The zero-order chi connectivity index (χ0) is 15.7. The molecule has 0 atom stereocenters. The number of hydrogen-bond donors (Lipinski definition) is 2. The van der Waals surface area contributed by atoms with Crippen molar-refractivity contribution in [2.45, 2.75) is 63.3 Å². The molecule has 1 amide bonds. The summed E-state index contributed by atoms with van der Waals surface area (Å²) in [6, 6.07) is 0. The SMILES string of the molecule is NCCCCCCC(=O)NCC1(N2CCSCC2)CCCC1. The quantitative estimate of drug-likeness (QED) is 0.638. The first-order valence-corrected chi connectivity index (χ1v) is 10.2. The van der Waals surface area contributed by atoms with Crippen molar-refractivity contribution in [2.24, 2.45) is 5.73 Å². The van der Waals surface area contributed by atoms with Crippen molar-refractivity contribution in [1.29, 1.82) is 0 Å². The molecule has 1 saturated carbocycles. The highest BCUT2D eigenvalue weighted by molar-refractivity contribution is 7.99. The van der Waals surface area contributed by atoms with Crippen LogP contribution in [0.2, 0.25) is 0 Å². The average molecular weight is 328 g/mol. The zero-order valence-electron chi connectivity index (χ0n) is 13.9. The fourth-order valence-corrected chi connectivity index (χ4v) is 4.71. The molecule has 5 heteroatoms. The number of nitrogens with one attached hydrogen (secondary N) is 1. The Labute approximate surface area is 140 Å². The molecule has 0 radical (unpaired) electrons. The van der Waals surface area contributed by atoms with Crippen molar-refractivity contribution >= 4 is 17.7 Å². The van der Waals surface area contributed by atoms with Crippen molar-refractivity contribution in [3.63, 3.8) is 0 Å². The number of hydrogen-bond acceptors (Lipinski definition) is 4. The lowest BCUT2D eigenvalue weighted by atomic mass is 9.94. The number of carbonyl (C=O) groups excluding carboxylic acids is 1. The van der Waals surface area contributed by atoms with Gasteiger partial charge < -0.3 is 11.1 Å². The van der Waals surface area contributed by atoms with E-state index in [0.717, 1.165) is 38.8 Å². The minimum atomic E-state index is 0.241. The van der Waals surface area contributed by atoms with Gasteiger partial charge in [-0.25, -0.2) is 0 Å². The average Bonchev–Trinajstić information content (AvgIpc) is 3.04. The van der Waals surface area contributed by atoms with E-state index in [0.29, 0.717) is 6.42 Å². The summed E-state index contributed by atoms with van der Waals surface area (Å²) in [5.74, 6) is 2.73. The predicted molar refractivity (Wildman–Crippen MR) is 95.2 cm³/mol. The topological polar surface area (TPSA) is 58.4 Å². The standard InChI is InChI=1S/C17H33N3OS/c18-10-6-2-1-3-7-16(21)19-15-17(8-4-5-9-17)20-11-13-22-14-12-20/h1-15,18H2,(H,19,21). The minimum absolute atomic E-state index is 0.241. The number of unbranched alkanes of at least 4 members (excludes halogenated alkanes) is 3. The normalized spacial score (nSPS) is 21.9. The maximum atomic E-state index is 12.1. The van der Waals surface area contributed by atoms with E-state index in [1.165, 1.54) is 50.3 Å². The van der Waals surface area contributed by atoms with Gasteiger partial charge in [0.15, 0.2) is 0 Å². The van der Waals surface area contributed by atoms with Gasteiger partial charge in [-0.3, -0.25) is 9.69 Å². The number of rotatable bonds is 9. The van der Waals surface area contributed by atoms with Crippen LogP contribution in [0.25, 0.3) is 0 Å². The molecular weight excluding hydrogens is 294 g/mol. The lowest BCUT2D eigenvalue weighted by molar-refractivity contribution is -0.121. The summed E-state index contributed by atoms with van der Waals surface area (Å²) in [5, 5.41) is 3.24. The van der Waals surface area contributed by atoms with E-state index in [1.807, 2.05) is 0 Å². The first kappa shape index (κ1) is 18.1. The maximum Gasteiger partial charge on any atom is 0.220 e. The predicted octanol–water partition coefficient (Wildman–Crippen LogP) is 2.37. The number of thioether (sulfide) groups is 1. The summed E-state index contributed by atoms with van der Waals surface area (Å²) < 4.78 is 0. The molecule has 1 aliphatic carbocycles. The van der Waals surface area contributed by atoms with Gasteiger partial charge in [0.25, 0.3) is 0 Å². The molecular formula is C17H33N3OS. The lowest BCUT2D eigenvalue weighted by Gasteiger charge is -2.43. The van der Waals surface area contributed by atoms with Gasteiger partial charge >= 0.3 is 0 Å². The van der Waals surface area contributed by atoms with Crippen LogP contribution in [-0.4, -0.2) is 54.0 Å². The van der Waals surface area contributed by atoms with Gasteiger partial charge in [-0.15, -0.1) is 0 Å². The molecule has 0 unspecified atom stereocenters. The van der Waals surface area contributed by atoms with Crippen molar-refractivity contribution < 1.29 is 4.79 Å². The summed E-state index contributed by atoms with van der Waals surface area (Å²) in [4.78, 5) is 14.8. The number of amides is 1. The molecule has 3 N–H and O–H groups in total. The van der Waals surface area contributed by atoms with E-state index in [4.69, 9.17) is 5.73 Å². The summed E-state index contributed by atoms with van der Waals surface area (Å²) in [5.41, 5.74) is 5.75. The van der Waals surface area contributed by atoms with E-state index in [9.17, 15) is 4.79 Å². The van der Waals surface area contributed by atoms with Crippen molar-refractivity contribution in [1.82, 2.24) is 10.2 Å². The summed E-state index contributed by atoms with van der Waals surface area (Å²) in [6.07, 6.45) is 10.2. The lowest BCUT2D eigenvalue weighted by Crippen LogP contribution is -2.56. The molecule has 0 aromatic rings. The van der Waals surface area contributed by atoms with E-state index in [1.54, 1.807) is 0 Å².